The van der Waals surface area contributed by atoms with Gasteiger partial charge in [0, 0.05) is 10.6 Å². The highest BCUT2D eigenvalue weighted by molar-refractivity contribution is 7.03. The fourth-order valence-corrected chi connectivity index (χ4v) is 10.2. The van der Waals surface area contributed by atoms with Crippen LogP contribution in [0.4, 0.5) is 0 Å². The molecule has 0 fully saturated rings. The monoisotopic (exact) mass is 375 g/mol. The minimum absolute atomic E-state index is 0.0153. The van der Waals surface area contributed by atoms with E-state index in [9.17, 15) is 0 Å². The highest BCUT2D eigenvalue weighted by Crippen LogP contribution is 2.47. The number of hydrogen-bond acceptors (Lipinski definition) is 1. The second-order valence-electron chi connectivity index (χ2n) is 8.72. The molecule has 2 aromatic carbocycles. The minimum Gasteiger partial charge on any atom is -0.325 e. The molecule has 0 radical (unpaired) electrons. The van der Waals surface area contributed by atoms with E-state index in [2.05, 4.69) is 118 Å². The zero-order valence-corrected chi connectivity index (χ0v) is 18.2. The molecule has 2 aromatic rings. The maximum absolute atomic E-state index is 4.23. The average Bonchev–Trinajstić information content (AvgIpc) is 3.15. The van der Waals surface area contributed by atoms with Gasteiger partial charge in [-0.1, -0.05) is 105 Å². The maximum atomic E-state index is 4.23. The molecule has 0 aliphatic heterocycles. The van der Waals surface area contributed by atoms with Gasteiger partial charge in [-0.05, 0) is 37.6 Å². The van der Waals surface area contributed by atoms with Crippen molar-refractivity contribution in [3.8, 4) is 0 Å². The van der Waals surface area contributed by atoms with Crippen molar-refractivity contribution in [3.05, 3.63) is 85.0 Å². The third-order valence-electron chi connectivity index (χ3n) is 5.52. The van der Waals surface area contributed by atoms with Crippen LogP contribution in [0.1, 0.15) is 47.0 Å². The van der Waals surface area contributed by atoms with Gasteiger partial charge in [0.05, 0.1) is 0 Å². The molecule has 0 amide bonds. The van der Waals surface area contributed by atoms with Crippen LogP contribution >= 0.6 is 0 Å². The first-order valence-electron chi connectivity index (χ1n) is 10.2. The SMILES string of the molecule is CCCCC1([Si](NC(C)(C)C)(c2ccccc2)c2ccccc2)C=CC=C1. The van der Waals surface area contributed by atoms with Gasteiger partial charge in [-0.25, -0.2) is 0 Å². The van der Waals surface area contributed by atoms with Crippen LogP contribution in [0.3, 0.4) is 0 Å². The summed E-state index contributed by atoms with van der Waals surface area (Å²) in [6, 6.07) is 22.4. The highest BCUT2D eigenvalue weighted by atomic mass is 28.3. The number of unbranched alkanes of at least 4 members (excludes halogenated alkanes) is 1. The predicted octanol–water partition coefficient (Wildman–Crippen LogP) is 5.19. The molecule has 1 nitrogen and oxygen atoms in total. The number of allylic oxidation sites excluding steroid dienone is 4. The zero-order chi connectivity index (χ0) is 19.4. The van der Waals surface area contributed by atoms with Crippen LogP contribution < -0.4 is 15.4 Å². The third-order valence-corrected chi connectivity index (χ3v) is 11.0. The van der Waals surface area contributed by atoms with Gasteiger partial charge in [0.25, 0.3) is 0 Å². The van der Waals surface area contributed by atoms with E-state index in [0.29, 0.717) is 0 Å². The van der Waals surface area contributed by atoms with Gasteiger partial charge in [0.2, 0.25) is 8.24 Å². The van der Waals surface area contributed by atoms with Crippen molar-refractivity contribution in [2.45, 2.75) is 57.5 Å². The Morgan fingerprint density at radius 2 is 1.30 bits per heavy atom. The lowest BCUT2D eigenvalue weighted by atomic mass is 10.0. The smallest absolute Gasteiger partial charge is 0.204 e. The zero-order valence-electron chi connectivity index (χ0n) is 17.2. The van der Waals surface area contributed by atoms with Crippen LogP contribution in [0.2, 0.25) is 5.04 Å². The van der Waals surface area contributed by atoms with E-state index in [1.807, 2.05) is 0 Å². The summed E-state index contributed by atoms with van der Waals surface area (Å²) in [5, 5.41) is 2.95. The second kappa shape index (κ2) is 8.00. The number of benzene rings is 2. The summed E-state index contributed by atoms with van der Waals surface area (Å²) in [5.74, 6) is 0. The van der Waals surface area contributed by atoms with E-state index in [0.717, 1.165) is 0 Å². The Labute approximate surface area is 166 Å². The van der Waals surface area contributed by atoms with Crippen molar-refractivity contribution in [3.63, 3.8) is 0 Å². The Kier molecular flexibility index (Phi) is 5.88. The quantitative estimate of drug-likeness (QED) is 0.657. The van der Waals surface area contributed by atoms with Gasteiger partial charge in [0.15, 0.2) is 0 Å². The maximum Gasteiger partial charge on any atom is 0.204 e. The van der Waals surface area contributed by atoms with Crippen molar-refractivity contribution in [2.75, 3.05) is 0 Å². The molecule has 1 aliphatic rings. The molecule has 1 aliphatic carbocycles. The molecule has 0 heterocycles. The van der Waals surface area contributed by atoms with Gasteiger partial charge in [-0.15, -0.1) is 0 Å². The van der Waals surface area contributed by atoms with E-state index in [1.165, 1.54) is 29.6 Å². The number of rotatable bonds is 7. The fraction of sp³-hybridized carbons (Fsp3) is 0.360. The van der Waals surface area contributed by atoms with E-state index < -0.39 is 8.24 Å². The van der Waals surface area contributed by atoms with Gasteiger partial charge >= 0.3 is 0 Å². The predicted molar refractivity (Wildman–Crippen MR) is 121 cm³/mol. The third kappa shape index (κ3) is 3.88. The van der Waals surface area contributed by atoms with Gasteiger partial charge < -0.3 is 4.98 Å². The molecule has 2 heteroatoms. The summed E-state index contributed by atoms with van der Waals surface area (Å²) in [6.45, 7) is 9.20. The molecule has 27 heavy (non-hydrogen) atoms. The van der Waals surface area contributed by atoms with Crippen molar-refractivity contribution >= 4 is 18.6 Å². The van der Waals surface area contributed by atoms with Crippen molar-refractivity contribution in [1.29, 1.82) is 0 Å². The summed E-state index contributed by atoms with van der Waals surface area (Å²) in [5.41, 5.74) is 0.0153. The first-order chi connectivity index (χ1) is 12.9. The summed E-state index contributed by atoms with van der Waals surface area (Å²) in [6.07, 6.45) is 13.1. The Bertz CT molecular complexity index is 733. The Hall–Kier alpha value is -1.90. The molecule has 142 valence electrons. The molecule has 3 rings (SSSR count). The van der Waals surface area contributed by atoms with Crippen LogP contribution in [0.25, 0.3) is 0 Å². The number of hydrogen-bond donors (Lipinski definition) is 1. The lowest BCUT2D eigenvalue weighted by Crippen LogP contribution is -2.77. The molecule has 0 aromatic heterocycles. The van der Waals surface area contributed by atoms with Gasteiger partial charge in [0.1, 0.15) is 0 Å². The van der Waals surface area contributed by atoms with E-state index in [4.69, 9.17) is 0 Å². The van der Waals surface area contributed by atoms with E-state index >= 15 is 0 Å². The van der Waals surface area contributed by atoms with Crippen LogP contribution in [-0.4, -0.2) is 13.8 Å². The van der Waals surface area contributed by atoms with Gasteiger partial charge in [-0.3, -0.25) is 0 Å². The highest BCUT2D eigenvalue weighted by Gasteiger charge is 2.55. The molecular weight excluding hydrogens is 342 g/mol. The van der Waals surface area contributed by atoms with Crippen LogP contribution in [0, 0.1) is 0 Å². The average molecular weight is 376 g/mol. The van der Waals surface area contributed by atoms with Crippen LogP contribution in [0.5, 0.6) is 0 Å². The Balaban J connectivity index is 2.33. The molecule has 0 saturated heterocycles. The topological polar surface area (TPSA) is 12.0 Å². The normalized spacial score (nSPS) is 16.0. The fourth-order valence-electron chi connectivity index (χ4n) is 4.49. The summed E-state index contributed by atoms with van der Waals surface area (Å²) >= 11 is 0. The minimum atomic E-state index is -2.36. The van der Waals surface area contributed by atoms with Crippen molar-refractivity contribution in [1.82, 2.24) is 4.98 Å². The Morgan fingerprint density at radius 3 is 1.70 bits per heavy atom. The second-order valence-corrected chi connectivity index (χ2v) is 12.6. The van der Waals surface area contributed by atoms with Gasteiger partial charge in [-0.2, -0.15) is 0 Å². The first kappa shape index (κ1) is 19.8. The van der Waals surface area contributed by atoms with Crippen LogP contribution in [-0.2, 0) is 0 Å². The molecule has 0 spiro atoms. The molecule has 0 saturated carbocycles. The standard InChI is InChI=1S/C25H33NSi/c1-5-6-19-25(20-13-14-21-25)27(26-24(2,3)4,22-15-9-7-10-16-22)23-17-11-8-12-18-23/h7-18,20-21,26H,5-6,19H2,1-4H3. The first-order valence-corrected chi connectivity index (χ1v) is 12.2. The number of nitrogens with one attached hydrogen (secondary N) is 1. The summed E-state index contributed by atoms with van der Waals surface area (Å²) < 4.78 is 0. The molecule has 0 unspecified atom stereocenters. The summed E-state index contributed by atoms with van der Waals surface area (Å²) in [7, 11) is -2.36. The van der Waals surface area contributed by atoms with E-state index in [-0.39, 0.29) is 10.6 Å². The van der Waals surface area contributed by atoms with E-state index in [1.54, 1.807) is 0 Å². The molecular formula is C25H33NSi. The van der Waals surface area contributed by atoms with Crippen molar-refractivity contribution in [2.24, 2.45) is 0 Å². The molecule has 0 bridgehead atoms. The summed E-state index contributed by atoms with van der Waals surface area (Å²) in [4.78, 5) is 4.23. The van der Waals surface area contributed by atoms with Crippen molar-refractivity contribution < 1.29 is 0 Å². The molecule has 0 atom stereocenters. The lowest BCUT2D eigenvalue weighted by Gasteiger charge is -2.50. The Morgan fingerprint density at radius 1 is 0.815 bits per heavy atom. The lowest BCUT2D eigenvalue weighted by molar-refractivity contribution is 0.500. The largest absolute Gasteiger partial charge is 0.325 e. The molecule has 1 N–H and O–H groups in total. The van der Waals surface area contributed by atoms with Crippen LogP contribution in [0.15, 0.2) is 85.0 Å².